The quantitative estimate of drug-likeness (QED) is 0.390. The van der Waals surface area contributed by atoms with Crippen LogP contribution >= 0.6 is 0 Å². The third-order valence-corrected chi connectivity index (χ3v) is 0.573. The Morgan fingerprint density at radius 2 is 1.64 bits per heavy atom. The van der Waals surface area contributed by atoms with Gasteiger partial charge in [0.05, 0.1) is 0 Å². The molecule has 0 aliphatic heterocycles. The molecule has 0 amide bonds. The molecule has 0 aromatic rings. The second-order valence-electron chi connectivity index (χ2n) is 3.19. The van der Waals surface area contributed by atoms with E-state index >= 15 is 0 Å². The minimum absolute atomic E-state index is 0.373. The second kappa shape index (κ2) is 5.74. The van der Waals surface area contributed by atoms with Crippen molar-refractivity contribution >= 4 is 16.4 Å². The second-order valence-corrected chi connectivity index (χ2v) is 4.08. The summed E-state index contributed by atoms with van der Waals surface area (Å²) >= 11 is 0. The lowest BCUT2D eigenvalue weighted by molar-refractivity contribution is -0.148. The Balaban J connectivity index is 0. The van der Waals surface area contributed by atoms with Crippen LogP contribution in [0, 0.1) is 0 Å². The number of carbonyl (C=O) groups is 1. The number of carbonyl (C=O) groups excluding carboxylic acids is 1. The van der Waals surface area contributed by atoms with Gasteiger partial charge >= 0.3 is 16.4 Å². The molecule has 0 aliphatic rings. The van der Waals surface area contributed by atoms with Crippen LogP contribution in [0.5, 0.6) is 0 Å². The Bertz CT molecular complexity index is 276. The van der Waals surface area contributed by atoms with Crippen molar-refractivity contribution < 1.29 is 27.1 Å². The highest BCUT2D eigenvalue weighted by molar-refractivity contribution is 7.79. The fourth-order valence-corrected chi connectivity index (χ4v) is 0.343. The van der Waals surface area contributed by atoms with E-state index in [2.05, 4.69) is 6.58 Å². The van der Waals surface area contributed by atoms with Gasteiger partial charge in [0.15, 0.2) is 0 Å². The van der Waals surface area contributed by atoms with Crippen molar-refractivity contribution in [3.63, 3.8) is 0 Å². The molecular weight excluding hydrogens is 212 g/mol. The summed E-state index contributed by atoms with van der Waals surface area (Å²) in [6, 6.07) is 0. The molecule has 0 aromatic heterocycles. The fraction of sp³-hybridized carbons (Fsp3) is 0.571. The van der Waals surface area contributed by atoms with Crippen molar-refractivity contribution in [3.8, 4) is 0 Å². The van der Waals surface area contributed by atoms with Crippen molar-refractivity contribution in [1.82, 2.24) is 0 Å². The Morgan fingerprint density at radius 1 is 1.36 bits per heavy atom. The Kier molecular flexibility index (Phi) is 6.37. The van der Waals surface area contributed by atoms with E-state index < -0.39 is 16.0 Å². The first kappa shape index (κ1) is 15.5. The SMILES string of the molecule is C=CC(=O)OC(C)(C)C.O=S(=O)(O)O. The van der Waals surface area contributed by atoms with E-state index in [9.17, 15) is 4.79 Å². The van der Waals surface area contributed by atoms with Gasteiger partial charge in [0.2, 0.25) is 0 Å². The molecule has 14 heavy (non-hydrogen) atoms. The van der Waals surface area contributed by atoms with Gasteiger partial charge in [0, 0.05) is 6.08 Å². The summed E-state index contributed by atoms with van der Waals surface area (Å²) in [5, 5.41) is 0. The first-order valence-electron chi connectivity index (χ1n) is 3.51. The lowest BCUT2D eigenvalue weighted by Gasteiger charge is -2.17. The average molecular weight is 226 g/mol. The third kappa shape index (κ3) is 30.5. The largest absolute Gasteiger partial charge is 0.457 e. The summed E-state index contributed by atoms with van der Waals surface area (Å²) in [5.41, 5.74) is -0.398. The monoisotopic (exact) mass is 226 g/mol. The molecule has 0 bridgehead atoms. The fourth-order valence-electron chi connectivity index (χ4n) is 0.343. The predicted octanol–water partition coefficient (Wildman–Crippen LogP) is 0.861. The summed E-state index contributed by atoms with van der Waals surface area (Å²) in [4.78, 5) is 10.5. The maximum atomic E-state index is 10.5. The summed E-state index contributed by atoms with van der Waals surface area (Å²) in [6.45, 7) is 8.71. The topological polar surface area (TPSA) is 101 Å². The van der Waals surface area contributed by atoms with Gasteiger partial charge in [-0.15, -0.1) is 0 Å². The molecular formula is C7H14O6S. The molecule has 0 spiro atoms. The summed E-state index contributed by atoms with van der Waals surface area (Å²) < 4.78 is 36.4. The molecule has 6 nitrogen and oxygen atoms in total. The van der Waals surface area contributed by atoms with Crippen LogP contribution in [0.15, 0.2) is 12.7 Å². The smallest absolute Gasteiger partial charge is 0.394 e. The minimum Gasteiger partial charge on any atom is -0.457 e. The van der Waals surface area contributed by atoms with E-state index in [1.807, 2.05) is 20.8 Å². The lowest BCUT2D eigenvalue weighted by atomic mass is 10.2. The molecule has 7 heteroatoms. The summed E-state index contributed by atoms with van der Waals surface area (Å²) in [5.74, 6) is -0.373. The Labute approximate surface area is 83.2 Å². The molecule has 0 aliphatic carbocycles. The van der Waals surface area contributed by atoms with Crippen LogP contribution in [0.1, 0.15) is 20.8 Å². The Hall–Kier alpha value is -0.920. The van der Waals surface area contributed by atoms with Crippen molar-refractivity contribution in [2.75, 3.05) is 0 Å². The highest BCUT2D eigenvalue weighted by atomic mass is 32.3. The van der Waals surface area contributed by atoms with Gasteiger partial charge in [-0.3, -0.25) is 9.11 Å². The van der Waals surface area contributed by atoms with Crippen LogP contribution in [0.2, 0.25) is 0 Å². The van der Waals surface area contributed by atoms with Crippen molar-refractivity contribution in [1.29, 1.82) is 0 Å². The molecule has 0 saturated carbocycles. The third-order valence-electron chi connectivity index (χ3n) is 0.573. The Morgan fingerprint density at radius 3 is 1.71 bits per heavy atom. The van der Waals surface area contributed by atoms with Crippen LogP contribution in [0.3, 0.4) is 0 Å². The highest BCUT2D eigenvalue weighted by Crippen LogP contribution is 2.06. The van der Waals surface area contributed by atoms with E-state index in [4.69, 9.17) is 22.3 Å². The molecule has 0 radical (unpaired) electrons. The molecule has 0 rings (SSSR count). The van der Waals surface area contributed by atoms with Crippen molar-refractivity contribution in [3.05, 3.63) is 12.7 Å². The minimum atomic E-state index is -4.67. The van der Waals surface area contributed by atoms with E-state index in [0.717, 1.165) is 6.08 Å². The van der Waals surface area contributed by atoms with E-state index in [1.54, 1.807) is 0 Å². The number of hydrogen-bond acceptors (Lipinski definition) is 4. The molecule has 0 heterocycles. The molecule has 0 saturated heterocycles. The van der Waals surface area contributed by atoms with Gasteiger partial charge in [-0.2, -0.15) is 8.42 Å². The van der Waals surface area contributed by atoms with E-state index in [0.29, 0.717) is 0 Å². The molecule has 0 atom stereocenters. The van der Waals surface area contributed by atoms with Crippen LogP contribution < -0.4 is 0 Å². The number of rotatable bonds is 1. The highest BCUT2D eigenvalue weighted by Gasteiger charge is 2.12. The van der Waals surface area contributed by atoms with E-state index in [-0.39, 0.29) is 5.97 Å². The standard InChI is InChI=1S/C7H12O2.H2O4S/c1-5-6(8)9-7(2,3)4;1-5(2,3)4/h5H,1H2,2-4H3;(H2,1,2,3,4). The first-order chi connectivity index (χ1) is 5.95. The van der Waals surface area contributed by atoms with Crippen LogP contribution in [-0.4, -0.2) is 29.1 Å². The zero-order valence-electron chi connectivity index (χ0n) is 8.22. The normalized spacial score (nSPS) is 10.9. The molecule has 2 N–H and O–H groups in total. The van der Waals surface area contributed by atoms with Crippen LogP contribution in [0.25, 0.3) is 0 Å². The lowest BCUT2D eigenvalue weighted by Crippen LogP contribution is -2.22. The molecule has 0 aromatic carbocycles. The maximum absolute atomic E-state index is 10.5. The first-order valence-corrected chi connectivity index (χ1v) is 4.90. The van der Waals surface area contributed by atoms with Crippen LogP contribution in [0.4, 0.5) is 0 Å². The number of esters is 1. The van der Waals surface area contributed by atoms with Crippen molar-refractivity contribution in [2.24, 2.45) is 0 Å². The van der Waals surface area contributed by atoms with E-state index in [1.165, 1.54) is 0 Å². The van der Waals surface area contributed by atoms with Crippen LogP contribution in [-0.2, 0) is 19.9 Å². The van der Waals surface area contributed by atoms with Gasteiger partial charge in [-0.1, -0.05) is 6.58 Å². The van der Waals surface area contributed by atoms with Crippen molar-refractivity contribution in [2.45, 2.75) is 26.4 Å². The molecule has 84 valence electrons. The van der Waals surface area contributed by atoms with Gasteiger partial charge in [-0.25, -0.2) is 4.79 Å². The van der Waals surface area contributed by atoms with Gasteiger partial charge in [0.25, 0.3) is 0 Å². The number of hydrogen-bond donors (Lipinski definition) is 2. The summed E-state index contributed by atoms with van der Waals surface area (Å²) in [7, 11) is -4.67. The average Bonchev–Trinajstić information content (AvgIpc) is 1.79. The zero-order chi connectivity index (χ0) is 12.0. The zero-order valence-corrected chi connectivity index (χ0v) is 9.04. The predicted molar refractivity (Wildman–Crippen MR) is 50.2 cm³/mol. The molecule has 0 fully saturated rings. The van der Waals surface area contributed by atoms with Gasteiger partial charge < -0.3 is 4.74 Å². The van der Waals surface area contributed by atoms with Gasteiger partial charge in [-0.05, 0) is 20.8 Å². The maximum Gasteiger partial charge on any atom is 0.394 e. The summed E-state index contributed by atoms with van der Waals surface area (Å²) in [6.07, 6.45) is 1.16. The number of ether oxygens (including phenoxy) is 1. The van der Waals surface area contributed by atoms with Gasteiger partial charge in [0.1, 0.15) is 5.60 Å². The molecule has 0 unspecified atom stereocenters.